The van der Waals surface area contributed by atoms with E-state index in [9.17, 15) is 48.3 Å². The van der Waals surface area contributed by atoms with E-state index >= 15 is 0 Å². The fraction of sp³-hybridized carbons (Fsp3) is 0.706. The maximum absolute atomic E-state index is 14.1. The van der Waals surface area contributed by atoms with Gasteiger partial charge in [-0.05, 0) is 111 Å². The summed E-state index contributed by atoms with van der Waals surface area (Å²) in [4.78, 5) is 121. The fourth-order valence-electron chi connectivity index (χ4n) is 6.85. The monoisotopic (exact) mass is 1000 g/mol. The Morgan fingerprint density at radius 2 is 0.986 bits per heavy atom. The number of nitrogens with one attached hydrogen (secondary N) is 8. The molecule has 0 unspecified atom stereocenters. The van der Waals surface area contributed by atoms with Crippen LogP contribution in [0.2, 0.25) is 0 Å². The first-order valence-electron chi connectivity index (χ1n) is 24.5. The Morgan fingerprint density at radius 3 is 1.48 bits per heavy atom. The van der Waals surface area contributed by atoms with E-state index in [-0.39, 0.29) is 56.6 Å². The average Bonchev–Trinajstić information content (AvgIpc) is 3.22. The van der Waals surface area contributed by atoms with Gasteiger partial charge in [0.25, 0.3) is 0 Å². The summed E-state index contributed by atoms with van der Waals surface area (Å²) in [5, 5.41) is 32.3. The predicted molar refractivity (Wildman–Crippen MR) is 269 cm³/mol. The smallest absolute Gasteiger partial charge is 0.408 e. The number of alkyl carbamates (subject to hydrolysis) is 1. The summed E-state index contributed by atoms with van der Waals surface area (Å²) in [6, 6.07) is 3.82. The zero-order chi connectivity index (χ0) is 54.8. The summed E-state index contributed by atoms with van der Waals surface area (Å²) in [6.45, 7) is 27.9. The second kappa shape index (κ2) is 27.7. The Morgan fingerprint density at radius 1 is 0.535 bits per heavy atom. The summed E-state index contributed by atoms with van der Waals surface area (Å²) in [5.74, 6) is -6.61. The molecule has 71 heavy (non-hydrogen) atoms. The molecule has 0 fully saturated rings. The summed E-state index contributed by atoms with van der Waals surface area (Å²) in [5.41, 5.74) is -4.76. The zero-order valence-electron chi connectivity index (χ0n) is 45.3. The number of rotatable bonds is 27. The van der Waals surface area contributed by atoms with Crippen molar-refractivity contribution in [3.8, 4) is 0 Å². The van der Waals surface area contributed by atoms with Crippen LogP contribution >= 0.6 is 0 Å². The van der Waals surface area contributed by atoms with E-state index in [2.05, 4.69) is 42.5 Å². The van der Waals surface area contributed by atoms with Crippen LogP contribution in [-0.2, 0) is 54.4 Å². The van der Waals surface area contributed by atoms with Crippen LogP contribution in [-0.4, -0.2) is 118 Å². The third-order valence-corrected chi connectivity index (χ3v) is 10.8. The highest BCUT2D eigenvalue weighted by Crippen LogP contribution is 2.16. The van der Waals surface area contributed by atoms with E-state index in [1.807, 2.05) is 47.6 Å². The van der Waals surface area contributed by atoms with Crippen LogP contribution in [0, 0.1) is 23.7 Å². The van der Waals surface area contributed by atoms with Crippen molar-refractivity contribution in [2.45, 2.75) is 202 Å². The molecule has 0 radical (unpaired) electrons. The molecule has 1 aromatic carbocycles. The van der Waals surface area contributed by atoms with Crippen LogP contribution < -0.4 is 42.5 Å². The largest absolute Gasteiger partial charge is 0.460 e. The standard InChI is InChI=1S/C51H86N8O12/c1-29(2)25-34(40(62)53-36(27-31(5)6)42(64)57-51(16,17)46(68)59-49(12,13)44(66)52-24-23-37(60)71-48(9,10)11)54-45(67)50(14,15)58-43(65)38(39(61)32(7)8)56-41(63)35(26-30(3)4)55-47(69)70-28-33-21-19-18-20-22-33/h18-22,29-32,34-36,38-39,61H,23-28H2,1-17H3,(H,52,66)(H,53,62)(H,54,67)(H,55,69)(H,56,63)(H,57,64)(H,58,65)(H,59,68)/t34-,35-,36-,38-,39+/m0/s1. The summed E-state index contributed by atoms with van der Waals surface area (Å²) >= 11 is 0. The normalized spacial score (nSPS) is 14.3. The molecule has 0 saturated heterocycles. The molecule has 0 bridgehead atoms. The number of hydrogen-bond donors (Lipinski definition) is 9. The Kier molecular flexibility index (Phi) is 24.7. The highest BCUT2D eigenvalue weighted by atomic mass is 16.6. The lowest BCUT2D eigenvalue weighted by Crippen LogP contribution is -2.66. The molecule has 0 aromatic heterocycles. The molecule has 5 atom stereocenters. The van der Waals surface area contributed by atoms with Crippen molar-refractivity contribution in [3.63, 3.8) is 0 Å². The number of amides is 8. The Balaban J connectivity index is 3.21. The minimum absolute atomic E-state index is 0.0356. The fourth-order valence-corrected chi connectivity index (χ4v) is 6.85. The van der Waals surface area contributed by atoms with Crippen molar-refractivity contribution >= 4 is 53.4 Å². The lowest BCUT2D eigenvalue weighted by molar-refractivity contribution is -0.154. The van der Waals surface area contributed by atoms with Crippen molar-refractivity contribution in [2.24, 2.45) is 23.7 Å². The van der Waals surface area contributed by atoms with Gasteiger partial charge in [0.2, 0.25) is 41.4 Å². The van der Waals surface area contributed by atoms with Crippen LogP contribution in [0.1, 0.15) is 149 Å². The molecular weight excluding hydrogens is 917 g/mol. The molecule has 20 heteroatoms. The molecule has 9 N–H and O–H groups in total. The zero-order valence-corrected chi connectivity index (χ0v) is 45.3. The topological polar surface area (TPSA) is 289 Å². The molecule has 0 spiro atoms. The van der Waals surface area contributed by atoms with E-state index in [1.165, 1.54) is 41.5 Å². The van der Waals surface area contributed by atoms with Gasteiger partial charge in [0, 0.05) is 6.54 Å². The van der Waals surface area contributed by atoms with Gasteiger partial charge in [-0.3, -0.25) is 38.4 Å². The van der Waals surface area contributed by atoms with Gasteiger partial charge in [0.15, 0.2) is 0 Å². The highest BCUT2D eigenvalue weighted by Gasteiger charge is 2.41. The summed E-state index contributed by atoms with van der Waals surface area (Å²) in [6.07, 6.45) is -1.97. The molecule has 0 saturated carbocycles. The minimum atomic E-state index is -1.74. The van der Waals surface area contributed by atoms with Gasteiger partial charge in [-0.2, -0.15) is 0 Å². The molecule has 1 aromatic rings. The van der Waals surface area contributed by atoms with Crippen LogP contribution in [0.25, 0.3) is 0 Å². The highest BCUT2D eigenvalue weighted by molar-refractivity contribution is 5.99. The van der Waals surface area contributed by atoms with Crippen LogP contribution in [0.3, 0.4) is 0 Å². The lowest BCUT2D eigenvalue weighted by atomic mass is 9.95. The third kappa shape index (κ3) is 23.3. The van der Waals surface area contributed by atoms with Crippen molar-refractivity contribution in [2.75, 3.05) is 6.54 Å². The van der Waals surface area contributed by atoms with Crippen molar-refractivity contribution in [1.82, 2.24) is 42.5 Å². The number of benzene rings is 1. The number of ether oxygens (including phenoxy) is 2. The molecule has 0 aliphatic heterocycles. The first kappa shape index (κ1) is 63.2. The number of carbonyl (C=O) groups is 9. The molecular formula is C51H86N8O12. The van der Waals surface area contributed by atoms with Gasteiger partial charge in [0.1, 0.15) is 53.0 Å². The molecule has 402 valence electrons. The molecule has 20 nitrogen and oxygen atoms in total. The second-order valence-corrected chi connectivity index (χ2v) is 22.4. The maximum atomic E-state index is 14.1. The van der Waals surface area contributed by atoms with Gasteiger partial charge in [-0.25, -0.2) is 4.79 Å². The van der Waals surface area contributed by atoms with Crippen LogP contribution in [0.5, 0.6) is 0 Å². The van der Waals surface area contributed by atoms with Crippen LogP contribution in [0.15, 0.2) is 30.3 Å². The quantitative estimate of drug-likeness (QED) is 0.0574. The number of carbonyl (C=O) groups excluding carboxylic acids is 9. The van der Waals surface area contributed by atoms with E-state index in [0.29, 0.717) is 0 Å². The van der Waals surface area contributed by atoms with Crippen molar-refractivity contribution < 1.29 is 57.7 Å². The van der Waals surface area contributed by atoms with Gasteiger partial charge in [-0.15, -0.1) is 0 Å². The third-order valence-electron chi connectivity index (χ3n) is 10.8. The number of aliphatic hydroxyl groups excluding tert-OH is 1. The molecule has 0 aliphatic carbocycles. The van der Waals surface area contributed by atoms with Crippen LogP contribution in [0.4, 0.5) is 4.79 Å². The molecule has 0 aliphatic rings. The summed E-state index contributed by atoms with van der Waals surface area (Å²) in [7, 11) is 0. The average molecular weight is 1000 g/mol. The summed E-state index contributed by atoms with van der Waals surface area (Å²) < 4.78 is 10.6. The first-order chi connectivity index (χ1) is 32.5. The van der Waals surface area contributed by atoms with Gasteiger partial charge < -0.3 is 57.1 Å². The van der Waals surface area contributed by atoms with E-state index < -0.39 is 112 Å². The van der Waals surface area contributed by atoms with Gasteiger partial charge in [-0.1, -0.05) is 85.7 Å². The number of esters is 1. The van der Waals surface area contributed by atoms with E-state index in [1.54, 1.807) is 58.9 Å². The molecule has 8 amide bonds. The second-order valence-electron chi connectivity index (χ2n) is 22.4. The molecule has 1 rings (SSSR count). The lowest BCUT2D eigenvalue weighted by Gasteiger charge is -2.34. The van der Waals surface area contributed by atoms with Gasteiger partial charge >= 0.3 is 12.1 Å². The minimum Gasteiger partial charge on any atom is -0.460 e. The Labute approximate surface area is 421 Å². The van der Waals surface area contributed by atoms with Crippen molar-refractivity contribution in [3.05, 3.63) is 35.9 Å². The molecule has 0 heterocycles. The first-order valence-corrected chi connectivity index (χ1v) is 24.5. The van der Waals surface area contributed by atoms with Gasteiger partial charge in [0.05, 0.1) is 12.5 Å². The number of hydrogen-bond acceptors (Lipinski definition) is 12. The van der Waals surface area contributed by atoms with E-state index in [0.717, 1.165) is 5.56 Å². The predicted octanol–water partition coefficient (Wildman–Crippen LogP) is 3.42. The van der Waals surface area contributed by atoms with Crippen molar-refractivity contribution in [1.29, 1.82) is 0 Å². The Hall–Kier alpha value is -5.79. The number of aliphatic hydroxyl groups is 1. The maximum Gasteiger partial charge on any atom is 0.408 e. The van der Waals surface area contributed by atoms with E-state index in [4.69, 9.17) is 9.47 Å². The Bertz CT molecular complexity index is 1980. The SMILES string of the molecule is CC(C)C[C@H](NC(=O)OCc1ccccc1)C(=O)N[C@H](C(=O)NC(C)(C)C(=O)N[C@@H](CC(C)C)C(=O)N[C@@H](CC(C)C)C(=O)NC(C)(C)C(=O)NC(C)(C)C(=O)NCCC(=O)OC(C)(C)C)[C@H](O)C(C)C.